The Labute approximate surface area is 171 Å². The zero-order valence-electron chi connectivity index (χ0n) is 15.9. The normalized spacial score (nSPS) is 14.5. The van der Waals surface area contributed by atoms with E-state index in [0.717, 1.165) is 21.9 Å². The number of aromatic nitrogens is 5. The molecule has 1 saturated heterocycles. The number of aryl methyl sites for hydroxylation is 1. The van der Waals surface area contributed by atoms with Gasteiger partial charge in [0.1, 0.15) is 11.6 Å². The molecular formula is C20H19N7OS. The molecule has 1 amide bonds. The Morgan fingerprint density at radius 1 is 1.00 bits per heavy atom. The summed E-state index contributed by atoms with van der Waals surface area (Å²) in [6.45, 7) is 4.57. The van der Waals surface area contributed by atoms with Crippen molar-refractivity contribution in [2.24, 2.45) is 0 Å². The number of piperazine rings is 1. The average molecular weight is 405 g/mol. The molecule has 1 fully saturated rings. The lowest BCUT2D eigenvalue weighted by Crippen LogP contribution is -2.49. The highest BCUT2D eigenvalue weighted by molar-refractivity contribution is 7.20. The lowest BCUT2D eigenvalue weighted by molar-refractivity contribution is 0.0746. The van der Waals surface area contributed by atoms with Crippen molar-refractivity contribution >= 4 is 33.3 Å². The highest BCUT2D eigenvalue weighted by Crippen LogP contribution is 2.24. The lowest BCUT2D eigenvalue weighted by atomic mass is 10.3. The van der Waals surface area contributed by atoms with E-state index in [0.29, 0.717) is 37.0 Å². The van der Waals surface area contributed by atoms with E-state index in [2.05, 4.69) is 25.0 Å². The molecule has 5 rings (SSSR count). The molecule has 0 N–H and O–H groups in total. The van der Waals surface area contributed by atoms with Crippen LogP contribution in [0.3, 0.4) is 0 Å². The number of benzene rings is 1. The van der Waals surface area contributed by atoms with Gasteiger partial charge in [0.05, 0.1) is 10.2 Å². The molecule has 3 aromatic heterocycles. The zero-order valence-corrected chi connectivity index (χ0v) is 16.7. The average Bonchev–Trinajstić information content (AvgIpc) is 3.43. The minimum Gasteiger partial charge on any atom is -0.353 e. The molecule has 4 aromatic rings. The lowest BCUT2D eigenvalue weighted by Gasteiger charge is -2.35. The molecule has 0 unspecified atom stereocenters. The maximum Gasteiger partial charge on any atom is 0.282 e. The third-order valence-electron chi connectivity index (χ3n) is 4.92. The number of nitrogens with zero attached hydrogens (tertiary/aromatic N) is 7. The molecule has 146 valence electrons. The smallest absolute Gasteiger partial charge is 0.282 e. The summed E-state index contributed by atoms with van der Waals surface area (Å²) < 4.78 is 2.77. The second-order valence-electron chi connectivity index (χ2n) is 6.85. The van der Waals surface area contributed by atoms with Crippen LogP contribution in [0.25, 0.3) is 16.0 Å². The predicted octanol–water partition coefficient (Wildman–Crippen LogP) is 2.54. The van der Waals surface area contributed by atoms with E-state index in [9.17, 15) is 4.79 Å². The SMILES string of the molecule is Cc1nc(N2CCN(C(=O)c3nc4ccccc4s3)CC2)cc(-n2cccn2)n1. The number of hydrogen-bond acceptors (Lipinski definition) is 7. The molecule has 29 heavy (non-hydrogen) atoms. The van der Waals surface area contributed by atoms with Crippen LogP contribution in [0.5, 0.6) is 0 Å². The Morgan fingerprint density at radius 2 is 1.79 bits per heavy atom. The first-order chi connectivity index (χ1) is 14.2. The first kappa shape index (κ1) is 17.7. The molecule has 1 aliphatic rings. The minimum atomic E-state index is 0.00180. The third kappa shape index (κ3) is 3.44. The molecule has 0 saturated carbocycles. The highest BCUT2D eigenvalue weighted by atomic mass is 32.1. The van der Waals surface area contributed by atoms with Gasteiger partial charge in [0.15, 0.2) is 10.8 Å². The Balaban J connectivity index is 1.31. The number of amides is 1. The van der Waals surface area contributed by atoms with Crippen molar-refractivity contribution in [1.29, 1.82) is 0 Å². The van der Waals surface area contributed by atoms with Crippen molar-refractivity contribution in [2.75, 3.05) is 31.1 Å². The van der Waals surface area contributed by atoms with Gasteiger partial charge in [0.25, 0.3) is 5.91 Å². The largest absolute Gasteiger partial charge is 0.353 e. The first-order valence-electron chi connectivity index (χ1n) is 9.43. The van der Waals surface area contributed by atoms with Gasteiger partial charge in [0.2, 0.25) is 0 Å². The highest BCUT2D eigenvalue weighted by Gasteiger charge is 2.25. The van der Waals surface area contributed by atoms with Gasteiger partial charge in [-0.1, -0.05) is 12.1 Å². The zero-order chi connectivity index (χ0) is 19.8. The summed E-state index contributed by atoms with van der Waals surface area (Å²) in [4.78, 5) is 30.5. The van der Waals surface area contributed by atoms with Crippen LogP contribution in [0, 0.1) is 6.92 Å². The fourth-order valence-corrected chi connectivity index (χ4v) is 4.39. The van der Waals surface area contributed by atoms with E-state index in [1.165, 1.54) is 11.3 Å². The summed E-state index contributed by atoms with van der Waals surface area (Å²) in [6, 6.07) is 11.6. The molecule has 1 aliphatic heterocycles. The van der Waals surface area contributed by atoms with Crippen LogP contribution in [-0.2, 0) is 0 Å². The van der Waals surface area contributed by atoms with E-state index in [4.69, 9.17) is 0 Å². The fourth-order valence-electron chi connectivity index (χ4n) is 3.46. The van der Waals surface area contributed by atoms with E-state index in [1.54, 1.807) is 10.9 Å². The summed E-state index contributed by atoms with van der Waals surface area (Å²) in [5.41, 5.74) is 0.877. The number of carbonyl (C=O) groups excluding carboxylic acids is 1. The molecule has 0 aliphatic carbocycles. The second kappa shape index (κ2) is 7.25. The molecule has 0 spiro atoms. The predicted molar refractivity (Wildman–Crippen MR) is 112 cm³/mol. The van der Waals surface area contributed by atoms with Gasteiger partial charge in [0, 0.05) is 44.6 Å². The van der Waals surface area contributed by atoms with Crippen molar-refractivity contribution < 1.29 is 4.79 Å². The van der Waals surface area contributed by atoms with Gasteiger partial charge >= 0.3 is 0 Å². The van der Waals surface area contributed by atoms with E-state index < -0.39 is 0 Å². The number of para-hydroxylation sites is 1. The number of thiazole rings is 1. The van der Waals surface area contributed by atoms with E-state index in [1.807, 2.05) is 54.4 Å². The van der Waals surface area contributed by atoms with Crippen molar-refractivity contribution in [2.45, 2.75) is 6.92 Å². The standard InChI is InChI=1S/C20H19N7OS/c1-14-22-17(13-18(23-14)27-8-4-7-21-27)25-9-11-26(12-10-25)20(28)19-24-15-5-2-3-6-16(15)29-19/h2-8,13H,9-12H2,1H3. The monoisotopic (exact) mass is 405 g/mol. The maximum atomic E-state index is 12.9. The molecule has 8 nitrogen and oxygen atoms in total. The van der Waals surface area contributed by atoms with Gasteiger partial charge in [-0.25, -0.2) is 19.6 Å². The van der Waals surface area contributed by atoms with Crippen LogP contribution in [-0.4, -0.2) is 61.7 Å². The van der Waals surface area contributed by atoms with Crippen LogP contribution in [0.4, 0.5) is 5.82 Å². The molecular weight excluding hydrogens is 386 g/mol. The number of hydrogen-bond donors (Lipinski definition) is 0. The quantitative estimate of drug-likeness (QED) is 0.521. The molecule has 0 atom stereocenters. The van der Waals surface area contributed by atoms with Crippen LogP contribution in [0.1, 0.15) is 15.6 Å². The Bertz CT molecular complexity index is 1130. The van der Waals surface area contributed by atoms with Gasteiger partial charge in [-0.15, -0.1) is 11.3 Å². The third-order valence-corrected chi connectivity index (χ3v) is 5.94. The van der Waals surface area contributed by atoms with Crippen LogP contribution in [0.2, 0.25) is 0 Å². The number of carbonyl (C=O) groups is 1. The van der Waals surface area contributed by atoms with E-state index in [-0.39, 0.29) is 5.91 Å². The Morgan fingerprint density at radius 3 is 2.55 bits per heavy atom. The van der Waals surface area contributed by atoms with Crippen molar-refractivity contribution in [3.05, 3.63) is 59.6 Å². The molecule has 1 aromatic carbocycles. The number of rotatable bonds is 3. The second-order valence-corrected chi connectivity index (χ2v) is 7.88. The fraction of sp³-hybridized carbons (Fsp3) is 0.250. The molecule has 4 heterocycles. The number of anilines is 1. The Kier molecular flexibility index (Phi) is 4.44. The Hall–Kier alpha value is -3.33. The van der Waals surface area contributed by atoms with Gasteiger partial charge in [-0.2, -0.15) is 5.10 Å². The molecule has 9 heteroatoms. The van der Waals surface area contributed by atoms with E-state index >= 15 is 0 Å². The van der Waals surface area contributed by atoms with Crippen molar-refractivity contribution in [3.8, 4) is 5.82 Å². The summed E-state index contributed by atoms with van der Waals surface area (Å²) in [6.07, 6.45) is 3.59. The molecule has 0 bridgehead atoms. The van der Waals surface area contributed by atoms with Crippen molar-refractivity contribution in [3.63, 3.8) is 0 Å². The topological polar surface area (TPSA) is 80.0 Å². The van der Waals surface area contributed by atoms with Gasteiger partial charge < -0.3 is 9.80 Å². The summed E-state index contributed by atoms with van der Waals surface area (Å²) in [7, 11) is 0. The minimum absolute atomic E-state index is 0.00180. The summed E-state index contributed by atoms with van der Waals surface area (Å²) in [5, 5.41) is 4.80. The molecule has 0 radical (unpaired) electrons. The van der Waals surface area contributed by atoms with Crippen LogP contribution in [0.15, 0.2) is 48.8 Å². The van der Waals surface area contributed by atoms with Gasteiger partial charge in [-0.05, 0) is 25.1 Å². The number of fused-ring (bicyclic) bond motifs is 1. The van der Waals surface area contributed by atoms with Crippen molar-refractivity contribution in [1.82, 2.24) is 29.6 Å². The summed E-state index contributed by atoms with van der Waals surface area (Å²) in [5.74, 6) is 2.29. The van der Waals surface area contributed by atoms with Crippen LogP contribution < -0.4 is 4.90 Å². The van der Waals surface area contributed by atoms with Crippen LogP contribution >= 0.6 is 11.3 Å². The summed E-state index contributed by atoms with van der Waals surface area (Å²) >= 11 is 1.45. The maximum absolute atomic E-state index is 12.9. The first-order valence-corrected chi connectivity index (χ1v) is 10.2. The van der Waals surface area contributed by atoms with Gasteiger partial charge in [-0.3, -0.25) is 4.79 Å².